The Bertz CT molecular complexity index is 731. The first kappa shape index (κ1) is 16.3. The fraction of sp³-hybridized carbons (Fsp3) is 0.188. The molecule has 2 aromatic rings. The van der Waals surface area contributed by atoms with E-state index in [0.717, 1.165) is 5.56 Å². The predicted octanol–water partition coefficient (Wildman–Crippen LogP) is 1.98. The molecule has 0 unspecified atom stereocenters. The summed E-state index contributed by atoms with van der Waals surface area (Å²) in [5.74, 6) is -0.405. The molecule has 2 amide bonds. The Morgan fingerprint density at radius 3 is 2.39 bits per heavy atom. The number of hydrogen-bond donors (Lipinski definition) is 2. The van der Waals surface area contributed by atoms with Crippen LogP contribution in [-0.4, -0.2) is 31.0 Å². The number of aromatic nitrogens is 1. The van der Waals surface area contributed by atoms with Crippen LogP contribution in [0.3, 0.4) is 0 Å². The van der Waals surface area contributed by atoms with Crippen molar-refractivity contribution in [3.8, 4) is 11.5 Å². The van der Waals surface area contributed by atoms with E-state index in [2.05, 4.69) is 15.6 Å². The van der Waals surface area contributed by atoms with Crippen molar-refractivity contribution in [3.05, 3.63) is 42.1 Å². The second-order valence-electron chi connectivity index (χ2n) is 4.69. The minimum atomic E-state index is -0.833. The van der Waals surface area contributed by atoms with E-state index in [-0.39, 0.29) is 0 Å². The highest BCUT2D eigenvalue weighted by atomic mass is 16.5. The Balaban J connectivity index is 2.10. The fourth-order valence-corrected chi connectivity index (χ4v) is 1.87. The largest absolute Gasteiger partial charge is 0.497 e. The van der Waals surface area contributed by atoms with Crippen molar-refractivity contribution in [2.75, 3.05) is 24.9 Å². The minimum Gasteiger partial charge on any atom is -0.497 e. The molecule has 0 saturated heterocycles. The maximum Gasteiger partial charge on any atom is 0.315 e. The third-order valence-electron chi connectivity index (χ3n) is 3.02. The second kappa shape index (κ2) is 7.26. The quantitative estimate of drug-likeness (QED) is 0.842. The van der Waals surface area contributed by atoms with Crippen LogP contribution < -0.4 is 20.1 Å². The molecule has 0 spiro atoms. The molecule has 0 fully saturated rings. The number of aryl methyl sites for hydroxylation is 1. The highest BCUT2D eigenvalue weighted by Crippen LogP contribution is 2.28. The van der Waals surface area contributed by atoms with E-state index in [1.807, 2.05) is 6.92 Å². The van der Waals surface area contributed by atoms with E-state index in [4.69, 9.17) is 9.47 Å². The Morgan fingerprint density at radius 2 is 1.74 bits per heavy atom. The molecule has 0 aliphatic carbocycles. The van der Waals surface area contributed by atoms with Crippen LogP contribution in [0.5, 0.6) is 11.5 Å². The van der Waals surface area contributed by atoms with Crippen LogP contribution in [0, 0.1) is 6.92 Å². The lowest BCUT2D eigenvalue weighted by Gasteiger charge is -2.11. The van der Waals surface area contributed by atoms with Crippen LogP contribution in [0.4, 0.5) is 11.5 Å². The van der Waals surface area contributed by atoms with Crippen molar-refractivity contribution in [3.63, 3.8) is 0 Å². The zero-order valence-corrected chi connectivity index (χ0v) is 13.0. The molecule has 0 bridgehead atoms. The van der Waals surface area contributed by atoms with E-state index in [0.29, 0.717) is 23.0 Å². The molecule has 0 aliphatic heterocycles. The van der Waals surface area contributed by atoms with Gasteiger partial charge in [0, 0.05) is 12.3 Å². The maximum atomic E-state index is 12.0. The number of hydrogen-bond acceptors (Lipinski definition) is 5. The smallest absolute Gasteiger partial charge is 0.315 e. The Morgan fingerprint density at radius 1 is 1.00 bits per heavy atom. The molecule has 7 nitrogen and oxygen atoms in total. The summed E-state index contributed by atoms with van der Waals surface area (Å²) in [6, 6.07) is 8.34. The van der Waals surface area contributed by atoms with Crippen LogP contribution in [-0.2, 0) is 9.59 Å². The zero-order valence-electron chi connectivity index (χ0n) is 13.0. The lowest BCUT2D eigenvalue weighted by Crippen LogP contribution is -2.29. The van der Waals surface area contributed by atoms with Gasteiger partial charge in [0.25, 0.3) is 0 Å². The molecule has 2 N–H and O–H groups in total. The SMILES string of the molecule is COc1ccc(OC)c(NC(=O)C(=O)Nc2cc(C)ccn2)c1. The van der Waals surface area contributed by atoms with Crippen molar-refractivity contribution < 1.29 is 19.1 Å². The number of benzene rings is 1. The Kier molecular flexibility index (Phi) is 5.14. The van der Waals surface area contributed by atoms with E-state index < -0.39 is 11.8 Å². The van der Waals surface area contributed by atoms with Crippen molar-refractivity contribution in [2.24, 2.45) is 0 Å². The van der Waals surface area contributed by atoms with Gasteiger partial charge in [-0.3, -0.25) is 9.59 Å². The van der Waals surface area contributed by atoms with Gasteiger partial charge in [0.15, 0.2) is 0 Å². The summed E-state index contributed by atoms with van der Waals surface area (Å²) in [5, 5.41) is 4.92. The average molecular weight is 315 g/mol. The highest BCUT2D eigenvalue weighted by Gasteiger charge is 2.17. The van der Waals surface area contributed by atoms with Crippen molar-refractivity contribution >= 4 is 23.3 Å². The second-order valence-corrected chi connectivity index (χ2v) is 4.69. The number of carbonyl (C=O) groups excluding carboxylic acids is 2. The van der Waals surface area contributed by atoms with Gasteiger partial charge in [0.2, 0.25) is 0 Å². The molecule has 0 aliphatic rings. The van der Waals surface area contributed by atoms with E-state index in [9.17, 15) is 9.59 Å². The van der Waals surface area contributed by atoms with Crippen LogP contribution in [0.15, 0.2) is 36.5 Å². The Hall–Kier alpha value is -3.09. The van der Waals surface area contributed by atoms with E-state index in [1.54, 1.807) is 36.5 Å². The third-order valence-corrected chi connectivity index (χ3v) is 3.02. The fourth-order valence-electron chi connectivity index (χ4n) is 1.87. The monoisotopic (exact) mass is 315 g/mol. The van der Waals surface area contributed by atoms with Gasteiger partial charge in [-0.25, -0.2) is 4.98 Å². The molecule has 7 heteroatoms. The van der Waals surface area contributed by atoms with Crippen molar-refractivity contribution in [2.45, 2.75) is 6.92 Å². The highest BCUT2D eigenvalue weighted by molar-refractivity contribution is 6.43. The predicted molar refractivity (Wildman–Crippen MR) is 85.8 cm³/mol. The molecular weight excluding hydrogens is 298 g/mol. The molecule has 120 valence electrons. The summed E-state index contributed by atoms with van der Waals surface area (Å²) >= 11 is 0. The third kappa shape index (κ3) is 4.19. The van der Waals surface area contributed by atoms with Gasteiger partial charge in [-0.05, 0) is 36.8 Å². The molecule has 1 heterocycles. The molecular formula is C16H17N3O4. The van der Waals surface area contributed by atoms with Crippen LogP contribution >= 0.6 is 0 Å². The lowest BCUT2D eigenvalue weighted by atomic mass is 10.2. The first-order chi connectivity index (χ1) is 11.0. The van der Waals surface area contributed by atoms with Gasteiger partial charge < -0.3 is 20.1 Å². The standard InChI is InChI=1S/C16H17N3O4/c1-10-6-7-17-14(8-10)19-16(21)15(20)18-12-9-11(22-2)4-5-13(12)23-3/h4-9H,1-3H3,(H,18,20)(H,17,19,21). The summed E-state index contributed by atoms with van der Waals surface area (Å²) < 4.78 is 10.2. The van der Waals surface area contributed by atoms with Gasteiger partial charge in [-0.15, -0.1) is 0 Å². The lowest BCUT2D eigenvalue weighted by molar-refractivity contribution is -0.133. The topological polar surface area (TPSA) is 89.5 Å². The van der Waals surface area contributed by atoms with Gasteiger partial charge in [-0.2, -0.15) is 0 Å². The summed E-state index contributed by atoms with van der Waals surface area (Å²) in [6.45, 7) is 1.86. The first-order valence-corrected chi connectivity index (χ1v) is 6.80. The van der Waals surface area contributed by atoms with Crippen LogP contribution in [0.25, 0.3) is 0 Å². The average Bonchev–Trinajstić information content (AvgIpc) is 2.54. The van der Waals surface area contributed by atoms with Gasteiger partial charge in [-0.1, -0.05) is 0 Å². The van der Waals surface area contributed by atoms with Gasteiger partial charge in [0.1, 0.15) is 17.3 Å². The number of methoxy groups -OCH3 is 2. The summed E-state index contributed by atoms with van der Waals surface area (Å²) in [5.41, 5.74) is 1.26. The maximum absolute atomic E-state index is 12.0. The zero-order chi connectivity index (χ0) is 16.8. The molecule has 0 radical (unpaired) electrons. The Labute approximate surface area is 133 Å². The normalized spacial score (nSPS) is 9.87. The molecule has 0 atom stereocenters. The minimum absolute atomic E-state index is 0.308. The number of amides is 2. The van der Waals surface area contributed by atoms with Gasteiger partial charge >= 0.3 is 11.8 Å². The number of carbonyl (C=O) groups is 2. The molecule has 1 aromatic heterocycles. The number of nitrogens with zero attached hydrogens (tertiary/aromatic N) is 1. The van der Waals surface area contributed by atoms with Crippen molar-refractivity contribution in [1.82, 2.24) is 4.98 Å². The summed E-state index contributed by atoms with van der Waals surface area (Å²) in [7, 11) is 2.97. The van der Waals surface area contributed by atoms with Crippen LogP contribution in [0.1, 0.15) is 5.56 Å². The number of pyridine rings is 1. The van der Waals surface area contributed by atoms with Crippen LogP contribution in [0.2, 0.25) is 0 Å². The molecule has 2 rings (SSSR count). The molecule has 23 heavy (non-hydrogen) atoms. The number of nitrogens with one attached hydrogen (secondary N) is 2. The van der Waals surface area contributed by atoms with E-state index in [1.165, 1.54) is 14.2 Å². The molecule has 0 saturated carbocycles. The summed E-state index contributed by atoms with van der Waals surface area (Å²) in [4.78, 5) is 27.9. The van der Waals surface area contributed by atoms with Crippen molar-refractivity contribution in [1.29, 1.82) is 0 Å². The number of anilines is 2. The summed E-state index contributed by atoms with van der Waals surface area (Å²) in [6.07, 6.45) is 1.55. The van der Waals surface area contributed by atoms with E-state index >= 15 is 0 Å². The molecule has 1 aromatic carbocycles. The number of ether oxygens (including phenoxy) is 2. The first-order valence-electron chi connectivity index (χ1n) is 6.80. The number of rotatable bonds is 4. The van der Waals surface area contributed by atoms with Gasteiger partial charge in [0.05, 0.1) is 19.9 Å².